The molecule has 18 heavy (non-hydrogen) atoms. The number of hydrogen-bond donors (Lipinski definition) is 1. The zero-order chi connectivity index (χ0) is 14.0. The minimum absolute atomic E-state index is 0.0200. The Balaban J connectivity index is 3.33. The monoisotopic (exact) mass is 268 g/mol. The van der Waals surface area contributed by atoms with Crippen molar-refractivity contribution in [2.75, 3.05) is 6.61 Å². The highest BCUT2D eigenvalue weighted by Crippen LogP contribution is 2.28. The molecule has 1 heterocycles. The zero-order valence-corrected chi connectivity index (χ0v) is 13.1. The standard InChI is InChI=1S/C14H24N2OS/c1-7-14(6,17-8-2)12-15-10(13(3,4)5)9-11(18)16-12/h9H,7-8H2,1-6H3,(H,15,16,18). The summed E-state index contributed by atoms with van der Waals surface area (Å²) in [5.74, 6) is 0.823. The van der Waals surface area contributed by atoms with Gasteiger partial charge in [0.05, 0.1) is 0 Å². The van der Waals surface area contributed by atoms with E-state index < -0.39 is 5.60 Å². The smallest absolute Gasteiger partial charge is 0.140 e. The molecule has 0 aliphatic heterocycles. The topological polar surface area (TPSA) is 37.9 Å². The Labute approximate surface area is 115 Å². The van der Waals surface area contributed by atoms with Crippen molar-refractivity contribution in [2.45, 2.75) is 59.0 Å². The molecule has 0 aromatic carbocycles. The Hall–Kier alpha value is -0.740. The van der Waals surface area contributed by atoms with Crippen LogP contribution in [0, 0.1) is 4.64 Å². The minimum atomic E-state index is -0.399. The summed E-state index contributed by atoms with van der Waals surface area (Å²) in [6.07, 6.45) is 0.854. The number of rotatable bonds is 4. The summed E-state index contributed by atoms with van der Waals surface area (Å²) in [6, 6.07) is 1.93. The quantitative estimate of drug-likeness (QED) is 0.835. The van der Waals surface area contributed by atoms with E-state index in [1.54, 1.807) is 0 Å². The molecule has 102 valence electrons. The van der Waals surface area contributed by atoms with Crippen LogP contribution in [0.2, 0.25) is 0 Å². The molecule has 3 nitrogen and oxygen atoms in total. The molecule has 0 fully saturated rings. The highest BCUT2D eigenvalue weighted by molar-refractivity contribution is 7.71. The fourth-order valence-electron chi connectivity index (χ4n) is 1.77. The maximum absolute atomic E-state index is 5.85. The van der Waals surface area contributed by atoms with Crippen molar-refractivity contribution in [3.63, 3.8) is 0 Å². The lowest BCUT2D eigenvalue weighted by Gasteiger charge is -2.29. The fourth-order valence-corrected chi connectivity index (χ4v) is 1.98. The molecule has 1 aromatic heterocycles. The Morgan fingerprint density at radius 2 is 1.89 bits per heavy atom. The third-order valence-electron chi connectivity index (χ3n) is 3.19. The van der Waals surface area contributed by atoms with E-state index in [4.69, 9.17) is 17.0 Å². The van der Waals surface area contributed by atoms with Crippen molar-refractivity contribution in [1.82, 2.24) is 9.97 Å². The number of nitrogens with zero attached hydrogens (tertiary/aromatic N) is 1. The van der Waals surface area contributed by atoms with Crippen molar-refractivity contribution in [3.8, 4) is 0 Å². The summed E-state index contributed by atoms with van der Waals surface area (Å²) in [5, 5.41) is 0. The van der Waals surface area contributed by atoms with Gasteiger partial charge in [-0.1, -0.05) is 39.9 Å². The molecule has 1 unspecified atom stereocenters. The van der Waals surface area contributed by atoms with Crippen LogP contribution in [0.15, 0.2) is 6.07 Å². The molecular formula is C14H24N2OS. The average Bonchev–Trinajstić information content (AvgIpc) is 2.27. The van der Waals surface area contributed by atoms with Gasteiger partial charge in [-0.05, 0) is 26.3 Å². The first-order chi connectivity index (χ1) is 8.23. The van der Waals surface area contributed by atoms with Crippen LogP contribution in [0.25, 0.3) is 0 Å². The second kappa shape index (κ2) is 5.49. The maximum Gasteiger partial charge on any atom is 0.140 e. The zero-order valence-electron chi connectivity index (χ0n) is 12.3. The van der Waals surface area contributed by atoms with E-state index in [2.05, 4.69) is 44.6 Å². The summed E-state index contributed by atoms with van der Waals surface area (Å²) in [4.78, 5) is 7.84. The van der Waals surface area contributed by atoms with Crippen molar-refractivity contribution in [3.05, 3.63) is 22.2 Å². The van der Waals surface area contributed by atoms with E-state index in [-0.39, 0.29) is 5.41 Å². The molecule has 4 heteroatoms. The molecule has 1 rings (SSSR count). The lowest BCUT2D eigenvalue weighted by atomic mass is 9.91. The van der Waals surface area contributed by atoms with Crippen molar-refractivity contribution in [1.29, 1.82) is 0 Å². The summed E-state index contributed by atoms with van der Waals surface area (Å²) >= 11 is 5.27. The summed E-state index contributed by atoms with van der Waals surface area (Å²) in [6.45, 7) is 13.3. The van der Waals surface area contributed by atoms with Gasteiger partial charge in [-0.15, -0.1) is 0 Å². The van der Waals surface area contributed by atoms with Crippen LogP contribution in [0.5, 0.6) is 0 Å². The van der Waals surface area contributed by atoms with Crippen molar-refractivity contribution < 1.29 is 4.74 Å². The number of hydrogen-bond acceptors (Lipinski definition) is 3. The van der Waals surface area contributed by atoms with E-state index in [9.17, 15) is 0 Å². The van der Waals surface area contributed by atoms with Crippen LogP contribution in [-0.2, 0) is 15.8 Å². The van der Waals surface area contributed by atoms with Crippen LogP contribution in [0.3, 0.4) is 0 Å². The number of aromatic amines is 1. The Morgan fingerprint density at radius 3 is 2.33 bits per heavy atom. The van der Waals surface area contributed by atoms with Gasteiger partial charge in [0.15, 0.2) is 0 Å². The molecule has 0 aliphatic rings. The van der Waals surface area contributed by atoms with Gasteiger partial charge in [0.2, 0.25) is 0 Å². The van der Waals surface area contributed by atoms with E-state index in [0.717, 1.165) is 17.9 Å². The molecule has 1 N–H and O–H groups in total. The van der Waals surface area contributed by atoms with Crippen LogP contribution >= 0.6 is 12.2 Å². The maximum atomic E-state index is 5.85. The Kier molecular flexibility index (Phi) is 4.67. The van der Waals surface area contributed by atoms with Crippen molar-refractivity contribution in [2.24, 2.45) is 0 Å². The van der Waals surface area contributed by atoms with E-state index in [0.29, 0.717) is 11.2 Å². The molecule has 0 saturated heterocycles. The first-order valence-corrected chi connectivity index (χ1v) is 6.90. The summed E-state index contributed by atoms with van der Waals surface area (Å²) < 4.78 is 6.47. The van der Waals surface area contributed by atoms with Gasteiger partial charge in [-0.2, -0.15) is 0 Å². The molecule has 0 spiro atoms. The number of aromatic nitrogens is 2. The molecular weight excluding hydrogens is 244 g/mol. The number of ether oxygens (including phenoxy) is 1. The summed E-state index contributed by atoms with van der Waals surface area (Å²) in [7, 11) is 0. The van der Waals surface area contributed by atoms with Gasteiger partial charge >= 0.3 is 0 Å². The van der Waals surface area contributed by atoms with Gasteiger partial charge in [-0.3, -0.25) is 0 Å². The van der Waals surface area contributed by atoms with Gasteiger partial charge in [-0.25, -0.2) is 4.98 Å². The van der Waals surface area contributed by atoms with Crippen LogP contribution < -0.4 is 0 Å². The SMILES string of the molecule is CCOC(C)(CC)c1nc(=S)cc(C(C)(C)C)[nH]1. The van der Waals surface area contributed by atoms with Crippen LogP contribution in [0.4, 0.5) is 0 Å². The second-order valence-electron chi connectivity index (χ2n) is 5.75. The average molecular weight is 268 g/mol. The van der Waals surface area contributed by atoms with Crippen LogP contribution in [0.1, 0.15) is 59.5 Å². The fraction of sp³-hybridized carbons (Fsp3) is 0.714. The normalized spacial score (nSPS) is 15.4. The summed E-state index contributed by atoms with van der Waals surface area (Å²) in [5.41, 5.74) is 0.715. The predicted octanol–water partition coefficient (Wildman–Crippen LogP) is 4.10. The van der Waals surface area contributed by atoms with E-state index in [1.807, 2.05) is 13.0 Å². The lowest BCUT2D eigenvalue weighted by Crippen LogP contribution is -2.29. The third-order valence-corrected chi connectivity index (χ3v) is 3.40. The highest BCUT2D eigenvalue weighted by Gasteiger charge is 2.29. The Bertz CT molecular complexity index is 462. The molecule has 0 aliphatic carbocycles. The third kappa shape index (κ3) is 3.39. The number of nitrogens with one attached hydrogen (secondary N) is 1. The molecule has 0 saturated carbocycles. The van der Waals surface area contributed by atoms with Gasteiger partial charge in [0.1, 0.15) is 16.1 Å². The first kappa shape index (κ1) is 15.3. The van der Waals surface area contributed by atoms with E-state index in [1.165, 1.54) is 0 Å². The molecule has 1 atom stereocenters. The highest BCUT2D eigenvalue weighted by atomic mass is 32.1. The molecule has 0 radical (unpaired) electrons. The van der Waals surface area contributed by atoms with Gasteiger partial charge in [0.25, 0.3) is 0 Å². The lowest BCUT2D eigenvalue weighted by molar-refractivity contribution is -0.0393. The first-order valence-electron chi connectivity index (χ1n) is 6.49. The molecule has 1 aromatic rings. The number of H-pyrrole nitrogens is 1. The largest absolute Gasteiger partial charge is 0.368 e. The predicted molar refractivity (Wildman–Crippen MR) is 77.4 cm³/mol. The van der Waals surface area contributed by atoms with Gasteiger partial charge in [0, 0.05) is 17.7 Å². The van der Waals surface area contributed by atoms with Crippen LogP contribution in [-0.4, -0.2) is 16.6 Å². The molecule has 0 amide bonds. The molecule has 0 bridgehead atoms. The van der Waals surface area contributed by atoms with Gasteiger partial charge < -0.3 is 9.72 Å². The second-order valence-corrected chi connectivity index (χ2v) is 6.17. The minimum Gasteiger partial charge on any atom is -0.368 e. The van der Waals surface area contributed by atoms with Crippen molar-refractivity contribution >= 4 is 12.2 Å². The van der Waals surface area contributed by atoms with E-state index >= 15 is 0 Å². The Morgan fingerprint density at radius 1 is 1.28 bits per heavy atom.